The third-order valence-corrected chi connectivity index (χ3v) is 4.17. The van der Waals surface area contributed by atoms with Crippen molar-refractivity contribution in [1.82, 2.24) is 9.80 Å². The van der Waals surface area contributed by atoms with Crippen molar-refractivity contribution in [3.05, 3.63) is 35.9 Å². The summed E-state index contributed by atoms with van der Waals surface area (Å²) in [5.74, 6) is -0.455. The summed E-state index contributed by atoms with van der Waals surface area (Å²) >= 11 is 5.75. The van der Waals surface area contributed by atoms with E-state index in [1.165, 1.54) is 9.80 Å². The highest BCUT2D eigenvalue weighted by atomic mass is 35.5. The summed E-state index contributed by atoms with van der Waals surface area (Å²) in [6.45, 7) is 6.02. The number of aliphatic hydroxyl groups is 1. The molecule has 0 spiro atoms. The van der Waals surface area contributed by atoms with Gasteiger partial charge in [0, 0.05) is 13.1 Å². The van der Waals surface area contributed by atoms with Crippen LogP contribution >= 0.6 is 11.6 Å². The lowest BCUT2D eigenvalue weighted by molar-refractivity contribution is -0.133. The lowest BCUT2D eigenvalue weighted by Crippen LogP contribution is -2.47. The molecule has 0 bridgehead atoms. The number of nitrogens with zero attached hydrogens (tertiary/aromatic N) is 2. The Bertz CT molecular complexity index is 603. The van der Waals surface area contributed by atoms with Gasteiger partial charge in [-0.3, -0.25) is 4.79 Å². The maximum atomic E-state index is 12.3. The van der Waals surface area contributed by atoms with E-state index in [-0.39, 0.29) is 24.9 Å². The fourth-order valence-corrected chi connectivity index (χ4v) is 2.95. The van der Waals surface area contributed by atoms with Crippen molar-refractivity contribution >= 4 is 23.6 Å². The number of aliphatic hydroxyl groups excluding tert-OH is 1. The molecule has 1 aliphatic rings. The van der Waals surface area contributed by atoms with Crippen molar-refractivity contribution < 1.29 is 19.4 Å². The Balaban J connectivity index is 2.12. The zero-order valence-electron chi connectivity index (χ0n) is 14.8. The highest BCUT2D eigenvalue weighted by Gasteiger charge is 2.40. The minimum Gasteiger partial charge on any atom is -0.444 e. The minimum atomic E-state index is -0.844. The highest BCUT2D eigenvalue weighted by molar-refractivity contribution is 6.27. The molecule has 2 rings (SSSR count). The Hall–Kier alpha value is -1.79. The second-order valence-corrected chi connectivity index (χ2v) is 7.43. The predicted molar refractivity (Wildman–Crippen MR) is 95.3 cm³/mol. The molecule has 1 saturated heterocycles. The van der Waals surface area contributed by atoms with Crippen molar-refractivity contribution in [3.8, 4) is 0 Å². The highest BCUT2D eigenvalue weighted by Crippen LogP contribution is 2.22. The van der Waals surface area contributed by atoms with Crippen molar-refractivity contribution in [2.75, 3.05) is 19.0 Å². The van der Waals surface area contributed by atoms with Crippen LogP contribution in [0.1, 0.15) is 26.3 Å². The molecular formula is C18H25ClN2O4. The fraction of sp³-hybridized carbons (Fsp3) is 0.556. The van der Waals surface area contributed by atoms with Gasteiger partial charge < -0.3 is 19.6 Å². The van der Waals surface area contributed by atoms with Crippen molar-refractivity contribution in [3.63, 3.8) is 0 Å². The molecule has 6 nitrogen and oxygen atoms in total. The summed E-state index contributed by atoms with van der Waals surface area (Å²) in [4.78, 5) is 27.5. The van der Waals surface area contributed by atoms with Crippen LogP contribution in [-0.4, -0.2) is 63.6 Å². The molecule has 0 aliphatic carbocycles. The van der Waals surface area contributed by atoms with Crippen LogP contribution in [0, 0.1) is 0 Å². The van der Waals surface area contributed by atoms with Crippen LogP contribution in [0.2, 0.25) is 0 Å². The first-order chi connectivity index (χ1) is 11.7. The van der Waals surface area contributed by atoms with Crippen molar-refractivity contribution in [1.29, 1.82) is 0 Å². The molecule has 0 aromatic heterocycles. The van der Waals surface area contributed by atoms with E-state index in [0.717, 1.165) is 5.56 Å². The molecule has 25 heavy (non-hydrogen) atoms. The number of rotatable bonds is 4. The number of β-amino-alcohol motifs (C(OH)–C–C–N with tert-alkyl or cyclic N) is 1. The number of carbonyl (C=O) groups excluding carboxylic acids is 2. The molecule has 1 aliphatic heterocycles. The summed E-state index contributed by atoms with van der Waals surface area (Å²) < 4.78 is 5.35. The number of amides is 2. The summed E-state index contributed by atoms with van der Waals surface area (Å²) in [7, 11) is 0. The van der Waals surface area contributed by atoms with Gasteiger partial charge in [-0.05, 0) is 26.3 Å². The fourth-order valence-electron chi connectivity index (χ4n) is 2.80. The summed E-state index contributed by atoms with van der Waals surface area (Å²) in [5.41, 5.74) is 0.319. The Morgan fingerprint density at radius 2 is 1.92 bits per heavy atom. The number of carbonyl (C=O) groups is 2. The van der Waals surface area contributed by atoms with E-state index in [2.05, 4.69) is 0 Å². The van der Waals surface area contributed by atoms with Crippen LogP contribution in [0.15, 0.2) is 30.3 Å². The second-order valence-electron chi connectivity index (χ2n) is 7.16. The Morgan fingerprint density at radius 3 is 2.48 bits per heavy atom. The molecule has 0 radical (unpaired) electrons. The van der Waals surface area contributed by atoms with Crippen LogP contribution < -0.4 is 0 Å². The van der Waals surface area contributed by atoms with E-state index in [0.29, 0.717) is 6.54 Å². The van der Waals surface area contributed by atoms with Crippen molar-refractivity contribution in [2.24, 2.45) is 0 Å². The Labute approximate surface area is 153 Å². The van der Waals surface area contributed by atoms with E-state index in [1.54, 1.807) is 20.8 Å². The van der Waals surface area contributed by atoms with Crippen LogP contribution in [0.4, 0.5) is 4.79 Å². The molecule has 1 fully saturated rings. The zero-order chi connectivity index (χ0) is 18.6. The topological polar surface area (TPSA) is 70.1 Å². The summed E-state index contributed by atoms with van der Waals surface area (Å²) in [5, 5.41) is 10.4. The Kier molecular flexibility index (Phi) is 6.30. The second kappa shape index (κ2) is 8.06. The lowest BCUT2D eigenvalue weighted by atomic mass is 10.1. The van der Waals surface area contributed by atoms with Gasteiger partial charge in [0.25, 0.3) is 0 Å². The molecule has 1 heterocycles. The normalized spacial score (nSPS) is 20.4. The number of ether oxygens (including phenoxy) is 1. The molecule has 2 atom stereocenters. The first kappa shape index (κ1) is 19.5. The van der Waals surface area contributed by atoms with Gasteiger partial charge in [0.2, 0.25) is 5.91 Å². The maximum Gasteiger partial charge on any atom is 0.410 e. The van der Waals surface area contributed by atoms with E-state index >= 15 is 0 Å². The van der Waals surface area contributed by atoms with Gasteiger partial charge in [-0.25, -0.2) is 4.79 Å². The SMILES string of the molecule is CC(C)(C)OC(=O)N1C[C@@H](O)[C@H](N(Cc2ccccc2)C(=O)CCl)C1. The van der Waals surface area contributed by atoms with Gasteiger partial charge in [0.05, 0.1) is 18.7 Å². The van der Waals surface area contributed by atoms with E-state index in [4.69, 9.17) is 16.3 Å². The number of likely N-dealkylation sites (tertiary alicyclic amines) is 1. The summed E-state index contributed by atoms with van der Waals surface area (Å²) in [6, 6.07) is 8.96. The van der Waals surface area contributed by atoms with Crippen LogP contribution in [0.5, 0.6) is 0 Å². The smallest absolute Gasteiger partial charge is 0.410 e. The summed E-state index contributed by atoms with van der Waals surface area (Å²) in [6.07, 6.45) is -1.34. The molecular weight excluding hydrogens is 344 g/mol. The van der Waals surface area contributed by atoms with E-state index in [9.17, 15) is 14.7 Å². The largest absolute Gasteiger partial charge is 0.444 e. The van der Waals surface area contributed by atoms with Crippen LogP contribution in [0.25, 0.3) is 0 Å². The molecule has 0 saturated carbocycles. The average Bonchev–Trinajstić information content (AvgIpc) is 2.93. The molecule has 1 N–H and O–H groups in total. The standard InChI is InChI=1S/C18H25ClN2O4/c1-18(2,3)25-17(24)20-11-14(15(22)12-20)21(16(23)9-19)10-13-7-5-4-6-8-13/h4-8,14-15,22H,9-12H2,1-3H3/t14-,15-/m1/s1. The minimum absolute atomic E-state index is 0.125. The molecule has 2 amide bonds. The third kappa shape index (κ3) is 5.34. The van der Waals surface area contributed by atoms with Gasteiger partial charge >= 0.3 is 6.09 Å². The molecule has 1 aromatic rings. The Morgan fingerprint density at radius 1 is 1.28 bits per heavy atom. The van der Waals surface area contributed by atoms with Crippen molar-refractivity contribution in [2.45, 2.75) is 45.1 Å². The average molecular weight is 369 g/mol. The van der Waals surface area contributed by atoms with E-state index < -0.39 is 23.8 Å². The monoisotopic (exact) mass is 368 g/mol. The van der Waals surface area contributed by atoms with Crippen LogP contribution in [-0.2, 0) is 16.1 Å². The number of halogens is 1. The zero-order valence-corrected chi connectivity index (χ0v) is 15.6. The van der Waals surface area contributed by atoms with Gasteiger partial charge in [0.1, 0.15) is 11.5 Å². The number of hydrogen-bond acceptors (Lipinski definition) is 4. The molecule has 138 valence electrons. The van der Waals surface area contributed by atoms with Gasteiger partial charge in [0.15, 0.2) is 0 Å². The quantitative estimate of drug-likeness (QED) is 0.827. The molecule has 7 heteroatoms. The van der Waals surface area contributed by atoms with Gasteiger partial charge in [-0.1, -0.05) is 30.3 Å². The lowest BCUT2D eigenvalue weighted by Gasteiger charge is -2.30. The van der Waals surface area contributed by atoms with Gasteiger partial charge in [-0.15, -0.1) is 11.6 Å². The van der Waals surface area contributed by atoms with E-state index in [1.807, 2.05) is 30.3 Å². The molecule has 1 aromatic carbocycles. The van der Waals surface area contributed by atoms with Gasteiger partial charge in [-0.2, -0.15) is 0 Å². The first-order valence-electron chi connectivity index (χ1n) is 8.26. The first-order valence-corrected chi connectivity index (χ1v) is 8.80. The predicted octanol–water partition coefficient (Wildman–Crippen LogP) is 2.23. The number of benzene rings is 1. The third-order valence-electron chi connectivity index (χ3n) is 3.94. The molecule has 0 unspecified atom stereocenters. The van der Waals surface area contributed by atoms with Crippen LogP contribution in [0.3, 0.4) is 0 Å². The number of hydrogen-bond donors (Lipinski definition) is 1. The number of alkyl halides is 1. The maximum absolute atomic E-state index is 12.3.